The first-order valence-electron chi connectivity index (χ1n) is 7.44. The molecule has 2 rings (SSSR count). The van der Waals surface area contributed by atoms with Crippen LogP contribution in [0.3, 0.4) is 0 Å². The van der Waals surface area contributed by atoms with Gasteiger partial charge in [0, 0.05) is 13.0 Å². The maximum absolute atomic E-state index is 11.4. The summed E-state index contributed by atoms with van der Waals surface area (Å²) in [6.07, 6.45) is 2.94. The quantitative estimate of drug-likeness (QED) is 0.822. The molecule has 5 heteroatoms. The van der Waals surface area contributed by atoms with Gasteiger partial charge in [0.1, 0.15) is 5.82 Å². The molecule has 2 aromatic rings. The molecule has 1 atom stereocenters. The number of carboxylic acid groups (broad SMARTS) is 1. The van der Waals surface area contributed by atoms with Crippen LogP contribution >= 0.6 is 0 Å². The minimum absolute atomic E-state index is 0.291. The predicted octanol–water partition coefficient (Wildman–Crippen LogP) is 2.85. The molecule has 0 saturated carbocycles. The molecular formula is C16H22N2O3. The minimum atomic E-state index is -0.930. The van der Waals surface area contributed by atoms with Gasteiger partial charge in [0.25, 0.3) is 0 Å². The summed E-state index contributed by atoms with van der Waals surface area (Å²) in [7, 11) is 0. The number of para-hydroxylation sites is 1. The van der Waals surface area contributed by atoms with Crippen LogP contribution in [0.4, 0.5) is 0 Å². The van der Waals surface area contributed by atoms with Crippen molar-refractivity contribution >= 4 is 17.0 Å². The fraction of sp³-hybridized carbons (Fsp3) is 0.500. The molecule has 2 N–H and O–H groups in total. The van der Waals surface area contributed by atoms with E-state index in [4.69, 9.17) is 0 Å². The topological polar surface area (TPSA) is 75.3 Å². The van der Waals surface area contributed by atoms with Gasteiger partial charge in [0.2, 0.25) is 0 Å². The summed E-state index contributed by atoms with van der Waals surface area (Å²) in [6.45, 7) is 4.53. The Bertz CT molecular complexity index is 632. The molecule has 1 aromatic carbocycles. The Morgan fingerprint density at radius 1 is 1.43 bits per heavy atom. The molecule has 0 aliphatic rings. The first-order chi connectivity index (χ1) is 10.0. The maximum Gasteiger partial charge on any atom is 0.337 e. The summed E-state index contributed by atoms with van der Waals surface area (Å²) in [5.41, 5.74) is 1.72. The Morgan fingerprint density at radius 2 is 2.19 bits per heavy atom. The highest BCUT2D eigenvalue weighted by Gasteiger charge is 2.17. The first kappa shape index (κ1) is 15.5. The van der Waals surface area contributed by atoms with Gasteiger partial charge in [-0.2, -0.15) is 0 Å². The SMILES string of the molecule is CCCc1nc2cccc(C(=O)O)c2n1CCCC(C)O. The summed E-state index contributed by atoms with van der Waals surface area (Å²) in [5, 5.41) is 18.8. The van der Waals surface area contributed by atoms with E-state index in [1.165, 1.54) is 0 Å². The number of nitrogens with zero attached hydrogens (tertiary/aromatic N) is 2. The fourth-order valence-electron chi connectivity index (χ4n) is 2.61. The van der Waals surface area contributed by atoms with Crippen LogP contribution in [0.15, 0.2) is 18.2 Å². The molecule has 0 radical (unpaired) electrons. The van der Waals surface area contributed by atoms with Crippen LogP contribution in [0, 0.1) is 0 Å². The summed E-state index contributed by atoms with van der Waals surface area (Å²) < 4.78 is 2.00. The van der Waals surface area contributed by atoms with Crippen molar-refractivity contribution in [1.82, 2.24) is 9.55 Å². The highest BCUT2D eigenvalue weighted by atomic mass is 16.4. The van der Waals surface area contributed by atoms with E-state index in [9.17, 15) is 15.0 Å². The van der Waals surface area contributed by atoms with Gasteiger partial charge in [-0.05, 0) is 38.3 Å². The van der Waals surface area contributed by atoms with E-state index in [1.54, 1.807) is 19.1 Å². The zero-order valence-electron chi connectivity index (χ0n) is 12.5. The van der Waals surface area contributed by atoms with Crippen LogP contribution in [0.1, 0.15) is 49.3 Å². The van der Waals surface area contributed by atoms with E-state index in [0.29, 0.717) is 24.0 Å². The third kappa shape index (κ3) is 3.42. The van der Waals surface area contributed by atoms with Gasteiger partial charge < -0.3 is 14.8 Å². The van der Waals surface area contributed by atoms with E-state index in [2.05, 4.69) is 11.9 Å². The lowest BCUT2D eigenvalue weighted by molar-refractivity contribution is 0.0698. The van der Waals surface area contributed by atoms with E-state index in [-0.39, 0.29) is 6.10 Å². The minimum Gasteiger partial charge on any atom is -0.478 e. The van der Waals surface area contributed by atoms with E-state index < -0.39 is 5.97 Å². The third-order valence-corrected chi connectivity index (χ3v) is 3.55. The summed E-state index contributed by atoms with van der Waals surface area (Å²) in [4.78, 5) is 16.0. The molecule has 0 saturated heterocycles. The number of aromatic carboxylic acids is 1. The van der Waals surface area contributed by atoms with Gasteiger partial charge in [-0.1, -0.05) is 13.0 Å². The molecule has 114 valence electrons. The van der Waals surface area contributed by atoms with Gasteiger partial charge in [-0.3, -0.25) is 0 Å². The number of hydrogen-bond acceptors (Lipinski definition) is 3. The van der Waals surface area contributed by atoms with Crippen molar-refractivity contribution in [2.45, 2.75) is 52.2 Å². The maximum atomic E-state index is 11.4. The Morgan fingerprint density at radius 3 is 2.81 bits per heavy atom. The van der Waals surface area contributed by atoms with Crippen molar-refractivity contribution < 1.29 is 15.0 Å². The Balaban J connectivity index is 2.46. The van der Waals surface area contributed by atoms with Gasteiger partial charge in [-0.15, -0.1) is 0 Å². The zero-order valence-corrected chi connectivity index (χ0v) is 12.5. The number of aliphatic hydroxyl groups is 1. The second kappa shape index (κ2) is 6.72. The summed E-state index contributed by atoms with van der Waals surface area (Å²) >= 11 is 0. The number of carboxylic acids is 1. The van der Waals surface area contributed by atoms with E-state index >= 15 is 0 Å². The summed E-state index contributed by atoms with van der Waals surface area (Å²) in [6, 6.07) is 5.20. The monoisotopic (exact) mass is 290 g/mol. The van der Waals surface area contributed by atoms with Crippen LogP contribution in [-0.2, 0) is 13.0 Å². The molecule has 1 aromatic heterocycles. The lowest BCUT2D eigenvalue weighted by Crippen LogP contribution is -2.09. The van der Waals surface area contributed by atoms with Crippen LogP contribution < -0.4 is 0 Å². The van der Waals surface area contributed by atoms with Gasteiger partial charge in [0.15, 0.2) is 0 Å². The van der Waals surface area contributed by atoms with Crippen molar-refractivity contribution in [3.8, 4) is 0 Å². The number of aliphatic hydroxyl groups excluding tert-OH is 1. The largest absolute Gasteiger partial charge is 0.478 e. The molecule has 1 heterocycles. The average molecular weight is 290 g/mol. The predicted molar refractivity (Wildman–Crippen MR) is 81.6 cm³/mol. The van der Waals surface area contributed by atoms with E-state index in [1.807, 2.05) is 10.6 Å². The summed E-state index contributed by atoms with van der Waals surface area (Å²) in [5.74, 6) is -0.00730. The fourth-order valence-corrected chi connectivity index (χ4v) is 2.61. The third-order valence-electron chi connectivity index (χ3n) is 3.55. The molecule has 0 spiro atoms. The normalized spacial score (nSPS) is 12.7. The Kier molecular flexibility index (Phi) is 4.96. The van der Waals surface area contributed by atoms with Gasteiger partial charge in [0.05, 0.1) is 22.7 Å². The molecule has 5 nitrogen and oxygen atoms in total. The van der Waals surface area contributed by atoms with E-state index in [0.717, 1.165) is 30.6 Å². The smallest absolute Gasteiger partial charge is 0.337 e. The second-order valence-corrected chi connectivity index (χ2v) is 5.40. The lowest BCUT2D eigenvalue weighted by atomic mass is 10.1. The van der Waals surface area contributed by atoms with Crippen LogP contribution in [-0.4, -0.2) is 31.8 Å². The Hall–Kier alpha value is -1.88. The number of aromatic nitrogens is 2. The average Bonchev–Trinajstić information content (AvgIpc) is 2.76. The van der Waals surface area contributed by atoms with Crippen LogP contribution in [0.2, 0.25) is 0 Å². The molecule has 0 aliphatic heterocycles. The van der Waals surface area contributed by atoms with Crippen LogP contribution in [0.5, 0.6) is 0 Å². The molecule has 0 bridgehead atoms. The number of rotatable bonds is 7. The van der Waals surface area contributed by atoms with Crippen molar-refractivity contribution in [1.29, 1.82) is 0 Å². The Labute approximate surface area is 124 Å². The number of benzene rings is 1. The number of fused-ring (bicyclic) bond motifs is 1. The van der Waals surface area contributed by atoms with Crippen LogP contribution in [0.25, 0.3) is 11.0 Å². The number of carbonyl (C=O) groups is 1. The second-order valence-electron chi connectivity index (χ2n) is 5.40. The molecule has 0 aliphatic carbocycles. The molecule has 0 fully saturated rings. The van der Waals surface area contributed by atoms with Crippen molar-refractivity contribution in [2.75, 3.05) is 0 Å². The zero-order chi connectivity index (χ0) is 15.4. The van der Waals surface area contributed by atoms with Crippen molar-refractivity contribution in [2.24, 2.45) is 0 Å². The van der Waals surface area contributed by atoms with Crippen molar-refractivity contribution in [3.05, 3.63) is 29.6 Å². The van der Waals surface area contributed by atoms with Crippen molar-refractivity contribution in [3.63, 3.8) is 0 Å². The molecule has 0 amide bonds. The lowest BCUT2D eigenvalue weighted by Gasteiger charge is -2.11. The number of hydrogen-bond donors (Lipinski definition) is 2. The highest BCUT2D eigenvalue weighted by Crippen LogP contribution is 2.22. The highest BCUT2D eigenvalue weighted by molar-refractivity contribution is 6.01. The molecule has 1 unspecified atom stereocenters. The molecular weight excluding hydrogens is 268 g/mol. The molecule has 21 heavy (non-hydrogen) atoms. The standard InChI is InChI=1S/C16H22N2O3/c1-3-6-14-17-13-9-4-8-12(16(20)21)15(13)18(14)10-5-7-11(2)19/h4,8-9,11,19H,3,5-7,10H2,1-2H3,(H,20,21). The van der Waals surface area contributed by atoms with Gasteiger partial charge in [-0.25, -0.2) is 9.78 Å². The first-order valence-corrected chi connectivity index (χ1v) is 7.44. The van der Waals surface area contributed by atoms with Gasteiger partial charge >= 0.3 is 5.97 Å². The number of imidazole rings is 1. The number of aryl methyl sites for hydroxylation is 2.